The topological polar surface area (TPSA) is 58.6 Å². The summed E-state index contributed by atoms with van der Waals surface area (Å²) in [7, 11) is 0. The van der Waals surface area contributed by atoms with Crippen molar-refractivity contribution in [3.8, 4) is 5.75 Å². The summed E-state index contributed by atoms with van der Waals surface area (Å²) in [5.41, 5.74) is 1.57. The van der Waals surface area contributed by atoms with Crippen LogP contribution >= 0.6 is 15.9 Å². The standard InChI is InChI=1S/C18H17BrN2O3/c19-15-4-1-2-5-16(15)20-17(22)12-24-14-9-7-13(8-10-14)21-11-3-6-18(21)23/h1-2,4-5,7-10H,3,6,11-12H2,(H,20,22). The Labute approximate surface area is 148 Å². The normalized spacial score (nSPS) is 13.9. The van der Waals surface area contributed by atoms with E-state index in [1.165, 1.54) is 0 Å². The summed E-state index contributed by atoms with van der Waals surface area (Å²) in [5, 5.41) is 2.78. The van der Waals surface area contributed by atoms with E-state index in [2.05, 4.69) is 21.2 Å². The lowest BCUT2D eigenvalue weighted by molar-refractivity contribution is -0.118. The van der Waals surface area contributed by atoms with Gasteiger partial charge in [-0.2, -0.15) is 0 Å². The fourth-order valence-electron chi connectivity index (χ4n) is 2.54. The summed E-state index contributed by atoms with van der Waals surface area (Å²) in [6.07, 6.45) is 1.50. The maximum Gasteiger partial charge on any atom is 0.262 e. The van der Waals surface area contributed by atoms with Gasteiger partial charge in [0, 0.05) is 23.1 Å². The molecule has 1 heterocycles. The third kappa shape index (κ3) is 3.94. The van der Waals surface area contributed by atoms with E-state index in [0.29, 0.717) is 17.9 Å². The number of carbonyl (C=O) groups is 2. The second kappa shape index (κ2) is 7.49. The Bertz CT molecular complexity index is 746. The molecular weight excluding hydrogens is 372 g/mol. The van der Waals surface area contributed by atoms with Crippen molar-refractivity contribution in [3.63, 3.8) is 0 Å². The van der Waals surface area contributed by atoms with Crippen LogP contribution in [-0.2, 0) is 9.59 Å². The molecule has 1 aliphatic rings. The molecule has 1 saturated heterocycles. The molecular formula is C18H17BrN2O3. The zero-order chi connectivity index (χ0) is 16.9. The van der Waals surface area contributed by atoms with Crippen molar-refractivity contribution in [3.05, 3.63) is 53.0 Å². The van der Waals surface area contributed by atoms with E-state index >= 15 is 0 Å². The first-order valence-electron chi connectivity index (χ1n) is 7.71. The van der Waals surface area contributed by atoms with Crippen LogP contribution < -0.4 is 15.0 Å². The van der Waals surface area contributed by atoms with Crippen molar-refractivity contribution in [2.45, 2.75) is 12.8 Å². The SMILES string of the molecule is O=C(COc1ccc(N2CCCC2=O)cc1)Nc1ccccc1Br. The monoisotopic (exact) mass is 388 g/mol. The van der Waals surface area contributed by atoms with E-state index in [9.17, 15) is 9.59 Å². The minimum absolute atomic E-state index is 0.0800. The Balaban J connectivity index is 1.54. The molecule has 0 aromatic heterocycles. The quantitative estimate of drug-likeness (QED) is 0.850. The van der Waals surface area contributed by atoms with Gasteiger partial charge in [0.2, 0.25) is 5.91 Å². The van der Waals surface area contributed by atoms with Gasteiger partial charge in [-0.1, -0.05) is 12.1 Å². The highest BCUT2D eigenvalue weighted by Crippen LogP contribution is 2.24. The molecule has 1 N–H and O–H groups in total. The van der Waals surface area contributed by atoms with E-state index in [1.54, 1.807) is 17.0 Å². The molecule has 2 amide bonds. The van der Waals surface area contributed by atoms with Crippen molar-refractivity contribution in [1.82, 2.24) is 0 Å². The van der Waals surface area contributed by atoms with E-state index < -0.39 is 0 Å². The summed E-state index contributed by atoms with van der Waals surface area (Å²) >= 11 is 3.38. The summed E-state index contributed by atoms with van der Waals surface area (Å²) < 4.78 is 6.31. The van der Waals surface area contributed by atoms with Crippen molar-refractivity contribution in [2.75, 3.05) is 23.4 Å². The van der Waals surface area contributed by atoms with Gasteiger partial charge in [0.25, 0.3) is 5.91 Å². The van der Waals surface area contributed by atoms with Crippen LogP contribution in [0.2, 0.25) is 0 Å². The van der Waals surface area contributed by atoms with Gasteiger partial charge < -0.3 is 15.0 Å². The molecule has 0 aliphatic carbocycles. The molecule has 0 saturated carbocycles. The van der Waals surface area contributed by atoms with Gasteiger partial charge in [0.05, 0.1) is 5.69 Å². The molecule has 0 radical (unpaired) electrons. The molecule has 0 spiro atoms. The van der Waals surface area contributed by atoms with Crippen LogP contribution in [0.3, 0.4) is 0 Å². The van der Waals surface area contributed by atoms with Crippen LogP contribution in [0.1, 0.15) is 12.8 Å². The Kier molecular flexibility index (Phi) is 5.15. The molecule has 1 fully saturated rings. The molecule has 2 aromatic rings. The average molecular weight is 389 g/mol. The number of ether oxygens (including phenoxy) is 1. The fourth-order valence-corrected chi connectivity index (χ4v) is 2.93. The van der Waals surface area contributed by atoms with E-state index in [0.717, 1.165) is 23.1 Å². The Morgan fingerprint density at radius 1 is 1.17 bits per heavy atom. The van der Waals surface area contributed by atoms with Crippen LogP contribution in [0, 0.1) is 0 Å². The smallest absolute Gasteiger partial charge is 0.262 e. The third-order valence-corrected chi connectivity index (χ3v) is 4.43. The molecule has 1 aliphatic heterocycles. The third-order valence-electron chi connectivity index (χ3n) is 3.74. The second-order valence-electron chi connectivity index (χ2n) is 5.46. The maximum absolute atomic E-state index is 11.9. The van der Waals surface area contributed by atoms with Crippen LogP contribution in [0.4, 0.5) is 11.4 Å². The second-order valence-corrected chi connectivity index (χ2v) is 6.31. The number of hydrogen-bond donors (Lipinski definition) is 1. The lowest BCUT2D eigenvalue weighted by atomic mass is 10.3. The van der Waals surface area contributed by atoms with Gasteiger partial charge in [-0.3, -0.25) is 9.59 Å². The zero-order valence-corrected chi connectivity index (χ0v) is 14.6. The molecule has 0 unspecified atom stereocenters. The molecule has 0 bridgehead atoms. The largest absolute Gasteiger partial charge is 0.484 e. The summed E-state index contributed by atoms with van der Waals surface area (Å²) in [4.78, 5) is 25.4. The number of para-hydroxylation sites is 1. The number of hydrogen-bond acceptors (Lipinski definition) is 3. The molecule has 24 heavy (non-hydrogen) atoms. The van der Waals surface area contributed by atoms with Gasteiger partial charge in [-0.05, 0) is 58.7 Å². The highest BCUT2D eigenvalue weighted by atomic mass is 79.9. The average Bonchev–Trinajstić information content (AvgIpc) is 3.02. The highest BCUT2D eigenvalue weighted by Gasteiger charge is 2.21. The first-order valence-corrected chi connectivity index (χ1v) is 8.50. The molecule has 2 aromatic carbocycles. The van der Waals surface area contributed by atoms with Crippen LogP contribution in [-0.4, -0.2) is 25.0 Å². The first kappa shape index (κ1) is 16.5. The van der Waals surface area contributed by atoms with E-state index in [4.69, 9.17) is 4.74 Å². The number of nitrogens with zero attached hydrogens (tertiary/aromatic N) is 1. The number of benzene rings is 2. The van der Waals surface area contributed by atoms with Gasteiger partial charge in [-0.25, -0.2) is 0 Å². The number of rotatable bonds is 5. The van der Waals surface area contributed by atoms with Crippen LogP contribution in [0.25, 0.3) is 0 Å². The molecule has 124 valence electrons. The first-order chi connectivity index (χ1) is 11.6. The van der Waals surface area contributed by atoms with E-state index in [1.807, 2.05) is 36.4 Å². The Morgan fingerprint density at radius 2 is 1.92 bits per heavy atom. The van der Waals surface area contributed by atoms with Gasteiger partial charge >= 0.3 is 0 Å². The summed E-state index contributed by atoms with van der Waals surface area (Å²) in [5.74, 6) is 0.504. The number of amides is 2. The zero-order valence-electron chi connectivity index (χ0n) is 13.0. The van der Waals surface area contributed by atoms with Crippen LogP contribution in [0.5, 0.6) is 5.75 Å². The van der Waals surface area contributed by atoms with E-state index in [-0.39, 0.29) is 18.4 Å². The highest BCUT2D eigenvalue weighted by molar-refractivity contribution is 9.10. The number of anilines is 2. The predicted molar refractivity (Wildman–Crippen MR) is 96.3 cm³/mol. The number of nitrogens with one attached hydrogen (secondary N) is 1. The Morgan fingerprint density at radius 3 is 2.58 bits per heavy atom. The lowest BCUT2D eigenvalue weighted by Gasteiger charge is -2.16. The number of carbonyl (C=O) groups excluding carboxylic acids is 2. The fraction of sp³-hybridized carbons (Fsp3) is 0.222. The van der Waals surface area contributed by atoms with Crippen molar-refractivity contribution >= 4 is 39.1 Å². The van der Waals surface area contributed by atoms with Crippen molar-refractivity contribution in [1.29, 1.82) is 0 Å². The molecule has 0 atom stereocenters. The predicted octanol–water partition coefficient (Wildman–Crippen LogP) is 3.59. The Hall–Kier alpha value is -2.34. The maximum atomic E-state index is 11.9. The molecule has 3 rings (SSSR count). The lowest BCUT2D eigenvalue weighted by Crippen LogP contribution is -2.23. The summed E-state index contributed by atoms with van der Waals surface area (Å²) in [6.45, 7) is 0.677. The molecule has 6 heteroatoms. The van der Waals surface area contributed by atoms with Crippen LogP contribution in [0.15, 0.2) is 53.0 Å². The van der Waals surface area contributed by atoms with Crippen molar-refractivity contribution < 1.29 is 14.3 Å². The molecule has 5 nitrogen and oxygen atoms in total. The minimum atomic E-state index is -0.235. The van der Waals surface area contributed by atoms with Gasteiger partial charge in [0.15, 0.2) is 6.61 Å². The van der Waals surface area contributed by atoms with Gasteiger partial charge in [-0.15, -0.1) is 0 Å². The van der Waals surface area contributed by atoms with Gasteiger partial charge in [0.1, 0.15) is 5.75 Å². The van der Waals surface area contributed by atoms with Crippen molar-refractivity contribution in [2.24, 2.45) is 0 Å². The number of halogens is 1. The summed E-state index contributed by atoms with van der Waals surface area (Å²) in [6, 6.07) is 14.6. The minimum Gasteiger partial charge on any atom is -0.484 e.